The molecule has 2 aromatic heterocycles. The molecule has 0 atom stereocenters. The third kappa shape index (κ3) is 3.34. The van der Waals surface area contributed by atoms with E-state index in [1.807, 2.05) is 27.7 Å². The molecular formula is C19H26N2O4. The fourth-order valence-corrected chi connectivity index (χ4v) is 3.75. The highest BCUT2D eigenvalue weighted by molar-refractivity contribution is 5.89. The molecule has 0 unspecified atom stereocenters. The van der Waals surface area contributed by atoms with Gasteiger partial charge in [-0.15, -0.1) is 0 Å². The number of carboxylic acid groups (broad SMARTS) is 2. The number of nitrogens with one attached hydrogen (secondary N) is 2. The lowest BCUT2D eigenvalue weighted by Gasteiger charge is -2.06. The number of H-pyrrole nitrogens is 2. The largest absolute Gasteiger partial charge is 0.477 e. The Labute approximate surface area is 147 Å². The van der Waals surface area contributed by atoms with Crippen LogP contribution in [0.3, 0.4) is 0 Å². The van der Waals surface area contributed by atoms with Crippen LogP contribution in [-0.4, -0.2) is 32.1 Å². The topological polar surface area (TPSA) is 106 Å². The number of carboxylic acids is 2. The molecule has 0 aliphatic carbocycles. The molecule has 4 N–H and O–H groups in total. The average Bonchev–Trinajstić information content (AvgIpc) is 3.12. The zero-order valence-corrected chi connectivity index (χ0v) is 15.2. The van der Waals surface area contributed by atoms with Gasteiger partial charge in [-0.1, -0.05) is 27.7 Å². The Kier molecular flexibility index (Phi) is 5.72. The highest BCUT2D eigenvalue weighted by Crippen LogP contribution is 2.27. The van der Waals surface area contributed by atoms with Crippen molar-refractivity contribution in [1.29, 1.82) is 0 Å². The van der Waals surface area contributed by atoms with Gasteiger partial charge in [0, 0.05) is 17.8 Å². The van der Waals surface area contributed by atoms with E-state index >= 15 is 0 Å². The molecule has 0 aromatic carbocycles. The van der Waals surface area contributed by atoms with Gasteiger partial charge in [0.05, 0.1) is 0 Å². The van der Waals surface area contributed by atoms with Gasteiger partial charge in [0.2, 0.25) is 0 Å². The molecule has 0 aliphatic heterocycles. The van der Waals surface area contributed by atoms with Crippen molar-refractivity contribution in [1.82, 2.24) is 9.97 Å². The summed E-state index contributed by atoms with van der Waals surface area (Å²) >= 11 is 0. The monoisotopic (exact) mass is 346 g/mol. The van der Waals surface area contributed by atoms with Crippen molar-refractivity contribution in [2.45, 2.75) is 59.8 Å². The normalized spacial score (nSPS) is 11.0. The summed E-state index contributed by atoms with van der Waals surface area (Å²) in [5, 5.41) is 18.9. The van der Waals surface area contributed by atoms with Crippen LogP contribution in [0.1, 0.15) is 82.3 Å². The van der Waals surface area contributed by atoms with Gasteiger partial charge in [0.15, 0.2) is 0 Å². The Hall–Kier alpha value is -2.50. The molecular weight excluding hydrogens is 320 g/mol. The molecule has 2 aromatic rings. The maximum Gasteiger partial charge on any atom is 0.352 e. The zero-order valence-electron chi connectivity index (χ0n) is 15.2. The molecule has 0 fully saturated rings. The molecule has 0 amide bonds. The van der Waals surface area contributed by atoms with Crippen molar-refractivity contribution in [3.63, 3.8) is 0 Å². The molecule has 0 saturated carbocycles. The number of hydrogen-bond acceptors (Lipinski definition) is 2. The molecule has 0 bridgehead atoms. The van der Waals surface area contributed by atoms with Crippen molar-refractivity contribution in [3.8, 4) is 0 Å². The lowest BCUT2D eigenvalue weighted by Crippen LogP contribution is -2.01. The van der Waals surface area contributed by atoms with Crippen LogP contribution in [-0.2, 0) is 32.1 Å². The van der Waals surface area contributed by atoms with Gasteiger partial charge in [-0.2, -0.15) is 0 Å². The van der Waals surface area contributed by atoms with Crippen molar-refractivity contribution >= 4 is 11.9 Å². The minimum atomic E-state index is -0.958. The van der Waals surface area contributed by atoms with Gasteiger partial charge < -0.3 is 20.2 Å². The summed E-state index contributed by atoms with van der Waals surface area (Å²) in [4.78, 5) is 29.2. The predicted octanol–water partition coefficient (Wildman–Crippen LogP) is 3.58. The summed E-state index contributed by atoms with van der Waals surface area (Å²) in [6.07, 6.45) is 3.24. The van der Waals surface area contributed by atoms with Crippen LogP contribution in [0.25, 0.3) is 0 Å². The molecule has 2 rings (SSSR count). The second-order valence-corrected chi connectivity index (χ2v) is 6.07. The first-order chi connectivity index (χ1) is 11.9. The Morgan fingerprint density at radius 2 is 1.00 bits per heavy atom. The molecule has 6 nitrogen and oxygen atoms in total. The molecule has 0 radical (unpaired) electrons. The number of rotatable bonds is 8. The summed E-state index contributed by atoms with van der Waals surface area (Å²) in [6, 6.07) is 0. The average molecular weight is 346 g/mol. The van der Waals surface area contributed by atoms with Crippen LogP contribution in [0.2, 0.25) is 0 Å². The second kappa shape index (κ2) is 7.59. The third-order valence-corrected chi connectivity index (χ3v) is 4.81. The summed E-state index contributed by atoms with van der Waals surface area (Å²) in [5.41, 5.74) is 5.91. The van der Waals surface area contributed by atoms with Crippen molar-refractivity contribution < 1.29 is 19.8 Å². The molecule has 6 heteroatoms. The van der Waals surface area contributed by atoms with Crippen LogP contribution in [0.5, 0.6) is 0 Å². The summed E-state index contributed by atoms with van der Waals surface area (Å²) in [7, 11) is 0. The predicted molar refractivity (Wildman–Crippen MR) is 95.8 cm³/mol. The van der Waals surface area contributed by atoms with Crippen molar-refractivity contribution in [2.24, 2.45) is 0 Å². The first-order valence-corrected chi connectivity index (χ1v) is 8.81. The van der Waals surface area contributed by atoms with E-state index in [1.54, 1.807) is 0 Å². The van der Waals surface area contributed by atoms with E-state index in [-0.39, 0.29) is 11.4 Å². The van der Waals surface area contributed by atoms with Crippen molar-refractivity contribution in [2.75, 3.05) is 0 Å². The number of aromatic carboxylic acids is 2. The summed E-state index contributed by atoms with van der Waals surface area (Å²) in [5.74, 6) is -1.92. The van der Waals surface area contributed by atoms with Crippen molar-refractivity contribution in [3.05, 3.63) is 45.0 Å². The fraction of sp³-hybridized carbons (Fsp3) is 0.474. The maximum atomic E-state index is 11.5. The van der Waals surface area contributed by atoms with Gasteiger partial charge in [-0.3, -0.25) is 0 Å². The van der Waals surface area contributed by atoms with E-state index in [1.165, 1.54) is 0 Å². The van der Waals surface area contributed by atoms with Crippen LogP contribution in [0.15, 0.2) is 0 Å². The Morgan fingerprint density at radius 1 is 0.680 bits per heavy atom. The smallest absolute Gasteiger partial charge is 0.352 e. The first-order valence-electron chi connectivity index (χ1n) is 8.81. The zero-order chi connectivity index (χ0) is 18.7. The van der Waals surface area contributed by atoms with E-state index in [0.717, 1.165) is 46.5 Å². The first kappa shape index (κ1) is 18.8. The third-order valence-electron chi connectivity index (χ3n) is 4.81. The van der Waals surface area contributed by atoms with E-state index in [2.05, 4.69) is 9.97 Å². The van der Waals surface area contributed by atoms with Gasteiger partial charge in [0.25, 0.3) is 0 Å². The number of hydrogen-bond donors (Lipinski definition) is 4. The van der Waals surface area contributed by atoms with Gasteiger partial charge in [-0.05, 0) is 47.9 Å². The Balaban J connectivity index is 2.57. The highest BCUT2D eigenvalue weighted by Gasteiger charge is 2.23. The standard InChI is InChI=1S/C19H26N2O4/c1-5-10-12(7-3)16(18(22)23)20-14(10)9-15-11(6-2)13(8-4)17(21-15)19(24)25/h20-21H,5-9H2,1-4H3,(H,22,23)(H,24,25). The summed E-state index contributed by atoms with van der Waals surface area (Å²) in [6.45, 7) is 7.91. The van der Waals surface area contributed by atoms with Gasteiger partial charge in [-0.25, -0.2) is 9.59 Å². The SMILES string of the molecule is CCc1c(Cc2[nH]c(C(=O)O)c(CC)c2CC)[nH]c(C(=O)O)c1CC. The Morgan fingerprint density at radius 3 is 1.24 bits per heavy atom. The molecule has 0 aliphatic rings. The number of carbonyl (C=O) groups is 2. The lowest BCUT2D eigenvalue weighted by atomic mass is 9.98. The molecule has 136 valence electrons. The number of aromatic nitrogens is 2. The molecule has 0 saturated heterocycles. The lowest BCUT2D eigenvalue weighted by molar-refractivity contribution is 0.0679. The van der Waals surface area contributed by atoms with Gasteiger partial charge >= 0.3 is 11.9 Å². The second-order valence-electron chi connectivity index (χ2n) is 6.07. The van der Waals surface area contributed by atoms with E-state index in [4.69, 9.17) is 0 Å². The Bertz CT molecular complexity index is 733. The van der Waals surface area contributed by atoms with Gasteiger partial charge in [0.1, 0.15) is 11.4 Å². The van der Waals surface area contributed by atoms with Crippen LogP contribution < -0.4 is 0 Å². The highest BCUT2D eigenvalue weighted by atomic mass is 16.4. The molecule has 0 spiro atoms. The molecule has 25 heavy (non-hydrogen) atoms. The van der Waals surface area contributed by atoms with E-state index in [0.29, 0.717) is 19.3 Å². The number of aromatic amines is 2. The van der Waals surface area contributed by atoms with Crippen LogP contribution >= 0.6 is 0 Å². The fourth-order valence-electron chi connectivity index (χ4n) is 3.75. The quantitative estimate of drug-likeness (QED) is 0.586. The minimum absolute atomic E-state index is 0.244. The van der Waals surface area contributed by atoms with Crippen LogP contribution in [0, 0.1) is 0 Å². The van der Waals surface area contributed by atoms with E-state index < -0.39 is 11.9 Å². The summed E-state index contributed by atoms with van der Waals surface area (Å²) < 4.78 is 0. The van der Waals surface area contributed by atoms with Crippen LogP contribution in [0.4, 0.5) is 0 Å². The molecule has 2 heterocycles. The minimum Gasteiger partial charge on any atom is -0.477 e. The van der Waals surface area contributed by atoms with E-state index in [9.17, 15) is 19.8 Å². The maximum absolute atomic E-state index is 11.5.